The normalized spacial score (nSPS) is 27.1. The third-order valence-electron chi connectivity index (χ3n) is 28.3. The summed E-state index contributed by atoms with van der Waals surface area (Å²) in [5.41, 5.74) is -26.4. The maximum Gasteiger partial charge on any atom is 0.426 e. The quantitative estimate of drug-likeness (QED) is 0.0381. The number of rotatable bonds is 18. The molecule has 148 heavy (non-hydrogen) atoms. The van der Waals surface area contributed by atoms with Crippen molar-refractivity contribution >= 4 is 35.8 Å². The molecule has 0 heterocycles. The predicted octanol–water partition coefficient (Wildman–Crippen LogP) is 30.0. The highest BCUT2D eigenvalue weighted by Gasteiger charge is 2.83. The van der Waals surface area contributed by atoms with Crippen molar-refractivity contribution in [3.05, 3.63) is 0 Å². The third-order valence-corrected chi connectivity index (χ3v) is 28.3. The molecule has 19 nitrogen and oxygen atoms in total. The highest BCUT2D eigenvalue weighted by Crippen LogP contribution is 2.68. The molecule has 18 unspecified atom stereocenters. The van der Waals surface area contributed by atoms with Gasteiger partial charge in [0.1, 0.15) is 12.7 Å². The van der Waals surface area contributed by atoms with E-state index in [4.69, 9.17) is 19.7 Å². The van der Waals surface area contributed by atoms with Crippen LogP contribution in [0.4, 0.5) is 132 Å². The average Bonchev–Trinajstić information content (AvgIpc) is 1.55. The van der Waals surface area contributed by atoms with Gasteiger partial charge in [0.2, 0.25) is 16.8 Å². The fourth-order valence-corrected chi connectivity index (χ4v) is 16.1. The van der Waals surface area contributed by atoms with Gasteiger partial charge in [-0.1, -0.05) is 138 Å². The second kappa shape index (κ2) is 60.1. The molecule has 9 rings (SSSR count). The lowest BCUT2D eigenvalue weighted by molar-refractivity contribution is -0.391. The first-order chi connectivity index (χ1) is 60.4. The van der Waals surface area contributed by atoms with Crippen molar-refractivity contribution in [3.63, 3.8) is 0 Å². The van der Waals surface area contributed by atoms with Crippen LogP contribution in [0.3, 0.4) is 0 Å². The lowest BCUT2D eigenvalue weighted by Crippen LogP contribution is -2.64. The molecular weight excluding hydrogens is 2060 g/mol. The van der Waals surface area contributed by atoms with E-state index in [2.05, 4.69) is 18.9 Å². The minimum Gasteiger partial charge on any atom is -0.469 e. The Kier molecular flexibility index (Phi) is 69.1. The molecule has 9 aliphatic rings. The van der Waals surface area contributed by atoms with Gasteiger partial charge in [0.15, 0.2) is 11.2 Å². The monoisotopic (exact) mass is 2250 g/mol. The average molecular weight is 2250 g/mol. The molecule has 9 fully saturated rings. The van der Waals surface area contributed by atoms with Crippen LogP contribution in [0, 0.1) is 92.2 Å². The lowest BCUT2D eigenvalue weighted by atomic mass is 9.66. The molecule has 49 heteroatoms. The summed E-state index contributed by atoms with van der Waals surface area (Å²) in [5, 5.41) is 65.0. The summed E-state index contributed by atoms with van der Waals surface area (Å²) in [6.07, 6.45) is -39.3. The van der Waals surface area contributed by atoms with Crippen LogP contribution in [0.25, 0.3) is 0 Å². The van der Waals surface area contributed by atoms with Gasteiger partial charge < -0.3 is 64.2 Å². The van der Waals surface area contributed by atoms with E-state index in [-0.39, 0.29) is 213 Å². The van der Waals surface area contributed by atoms with Gasteiger partial charge in [-0.3, -0.25) is 28.8 Å². The van der Waals surface area contributed by atoms with Crippen molar-refractivity contribution in [1.29, 1.82) is 0 Å². The standard InChI is InChI=1S/C18H25F9O4.C10H17F3O3.3C8H9F5O.C8H16O2.C7H9F3O.2C7H14O2.C6H12O2.12CH4/c1-5-13(2,3)12(28)31-11-7-9(14(4,29)16(19,20)21)6-10(8-11)15(30,17(22,23)24)18(25,26)27;1-5-8(2,3)7(14)16-6-9(4,15)10(11,12)13;3*9-7(10)5-2-1-4(3-5)6(7,14)8(11,12)13;1-5-8(3,4)7(9)10-6-2;8-6(9)4-1-2-5(3-4)7(6,10)11;2*1-5-7(2,3)6(8)9-4;1-4-5(2)6(7)8-3;;;;;;;;;;;;/h9-11,29-30H,5-8H2,1-4H3;15H,5-6H2,1-4H3;3*4-5,14H,1-3H2;5-6H2,1-4H3;4-5,11H,1-3H2;2*5H2,1-4H3;5H,4H2,1-3H3;12*1H4. The van der Waals surface area contributed by atoms with E-state index in [0.717, 1.165) is 25.7 Å². The molecule has 18 atom stereocenters. The minimum atomic E-state index is -6.28. The zero-order valence-electron chi connectivity index (χ0n) is 80.1. The van der Waals surface area contributed by atoms with E-state index in [1.165, 1.54) is 35.2 Å². The van der Waals surface area contributed by atoms with Crippen LogP contribution in [0.5, 0.6) is 0 Å². The number of hydrogen-bond donors (Lipinski definition) is 7. The van der Waals surface area contributed by atoms with E-state index in [1.54, 1.807) is 27.7 Å². The number of aliphatic hydroxyl groups is 7. The number of alkyl halides is 30. The van der Waals surface area contributed by atoms with Gasteiger partial charge in [-0.15, -0.1) is 0 Å². The van der Waals surface area contributed by atoms with Crippen LogP contribution in [0.1, 0.15) is 362 Å². The molecule has 9 aliphatic carbocycles. The summed E-state index contributed by atoms with van der Waals surface area (Å²) < 4.78 is 413. The molecule has 0 saturated heterocycles. The Morgan fingerprint density at radius 1 is 0.311 bits per heavy atom. The molecule has 0 aliphatic heterocycles. The Morgan fingerprint density at radius 3 is 0.730 bits per heavy atom. The smallest absolute Gasteiger partial charge is 0.426 e. The first kappa shape index (κ1) is 170. The van der Waals surface area contributed by atoms with Gasteiger partial charge in [-0.25, -0.2) is 30.7 Å². The van der Waals surface area contributed by atoms with Gasteiger partial charge in [0, 0.05) is 59.2 Å². The van der Waals surface area contributed by atoms with Crippen molar-refractivity contribution < 1.29 is 225 Å². The summed E-state index contributed by atoms with van der Waals surface area (Å²) in [7, 11) is 4.24. The Bertz CT molecular complexity index is 3630. The molecular formula is C99H182F30O19. The molecule has 902 valence electrons. The zero-order valence-corrected chi connectivity index (χ0v) is 80.1. The third kappa shape index (κ3) is 37.1. The van der Waals surface area contributed by atoms with Crippen LogP contribution in [-0.2, 0) is 57.2 Å². The molecule has 7 N–H and O–H groups in total. The van der Waals surface area contributed by atoms with E-state index in [9.17, 15) is 186 Å². The molecule has 0 spiro atoms. The molecule has 0 aromatic rings. The molecule has 9 saturated carbocycles. The minimum absolute atomic E-state index is 0. The Labute approximate surface area is 859 Å². The van der Waals surface area contributed by atoms with Crippen molar-refractivity contribution in [1.82, 2.24) is 0 Å². The van der Waals surface area contributed by atoms with Crippen molar-refractivity contribution in [2.75, 3.05) is 34.5 Å². The van der Waals surface area contributed by atoms with Gasteiger partial charge in [0.25, 0.3) is 29.2 Å². The van der Waals surface area contributed by atoms with E-state index >= 15 is 0 Å². The SMILES string of the molecule is C.C.C.C.C.C.C.C.C.C.C.C.CCC(C)(C)C(=O)OC.CCC(C)(C)C(=O)OC.CCC(C)(C)C(=O)OC1CC(C(C)(O)C(F)(F)F)CC(C(O)(C(F)(F)F)C(F)(F)F)C1.CCC(C)(C)C(=O)OCC(C)(O)C(F)(F)F.CCC(C)C(=O)OC.CCOC(=O)C(C)(C)CC.OC1(C(F)(F)F)C2CCC(C2)C1(F)F.OC1(C(F)(F)F)C2CCC(C2)C1(F)F.OC1(C(F)(F)F)C2CCC(C2)C1(F)F.OC1(F)C2CCC(C2)C1(F)F. The van der Waals surface area contributed by atoms with Crippen LogP contribution in [-0.4, -0.2) is 219 Å². The number of halogens is 30. The van der Waals surface area contributed by atoms with Crippen molar-refractivity contribution in [3.8, 4) is 0 Å². The number of fused-ring (bicyclic) bond motifs is 8. The summed E-state index contributed by atoms with van der Waals surface area (Å²) in [4.78, 5) is 66.9. The van der Waals surface area contributed by atoms with Crippen molar-refractivity contribution in [2.45, 2.75) is 475 Å². The maximum absolute atomic E-state index is 13.3. The fraction of sp³-hybridized carbons (Fsp3) is 0.939. The van der Waals surface area contributed by atoms with Crippen LogP contribution >= 0.6 is 0 Å². The first-order valence-electron chi connectivity index (χ1n) is 43.9. The van der Waals surface area contributed by atoms with Gasteiger partial charge in [-0.05, 0) is 225 Å². The summed E-state index contributed by atoms with van der Waals surface area (Å²) in [6.45, 7) is 32.2. The van der Waals surface area contributed by atoms with Crippen LogP contribution in [0.15, 0.2) is 0 Å². The molecule has 0 amide bonds. The molecule has 0 radical (unpaired) electrons. The Morgan fingerprint density at radius 2 is 0.554 bits per heavy atom. The predicted molar refractivity (Wildman–Crippen MR) is 508 cm³/mol. The summed E-state index contributed by atoms with van der Waals surface area (Å²) in [5.74, 6) is -35.7. The fourth-order valence-electron chi connectivity index (χ4n) is 16.1. The summed E-state index contributed by atoms with van der Waals surface area (Å²) >= 11 is 0. The number of carbonyl (C=O) groups is 6. The number of ether oxygens (including phenoxy) is 6. The highest BCUT2D eigenvalue weighted by atomic mass is 19.4. The topological polar surface area (TPSA) is 299 Å². The van der Waals surface area contributed by atoms with E-state index < -0.39 is 220 Å². The van der Waals surface area contributed by atoms with Gasteiger partial charge >= 0.3 is 85.0 Å². The largest absolute Gasteiger partial charge is 0.469 e. The van der Waals surface area contributed by atoms with E-state index in [1.807, 2.05) is 83.1 Å². The maximum atomic E-state index is 13.3. The number of hydrogen-bond acceptors (Lipinski definition) is 19. The van der Waals surface area contributed by atoms with Crippen LogP contribution < -0.4 is 0 Å². The van der Waals surface area contributed by atoms with Gasteiger partial charge in [0.05, 0.1) is 60.9 Å². The number of methoxy groups -OCH3 is 3. The second-order valence-corrected chi connectivity index (χ2v) is 39.4. The summed E-state index contributed by atoms with van der Waals surface area (Å²) in [6, 6.07) is 0. The number of carbonyl (C=O) groups excluding carboxylic acids is 6. The van der Waals surface area contributed by atoms with Crippen molar-refractivity contribution in [2.24, 2.45) is 92.2 Å². The Hall–Kier alpha value is -5.56. The molecule has 8 bridgehead atoms. The zero-order chi connectivity index (χ0) is 108. The van der Waals surface area contributed by atoms with Gasteiger partial charge in [-0.2, -0.15) is 101 Å². The first-order valence-corrected chi connectivity index (χ1v) is 43.9. The molecule has 0 aromatic carbocycles. The van der Waals surface area contributed by atoms with Crippen LogP contribution in [0.2, 0.25) is 0 Å². The second-order valence-electron chi connectivity index (χ2n) is 39.4. The van der Waals surface area contributed by atoms with E-state index in [0.29, 0.717) is 32.8 Å². The lowest BCUT2D eigenvalue weighted by Gasteiger charge is -2.47. The highest BCUT2D eigenvalue weighted by molar-refractivity contribution is 5.77. The number of esters is 6. The Balaban J connectivity index is -0.000000127. The molecule has 0 aromatic heterocycles.